The molecule has 0 radical (unpaired) electrons. The standard InChI is InChI=1S/C66H8O3/c1-4(67)69-6-3-66-63-57-47-37-27-19-11-8-7-9-13-15(11)23-29-21(13)31-25-17(9)18-10(7)14-16-12(8)20(19)28-34-24(16)30-22(14)32-26(18)36-35(25)45-39(31)49-43(29)51(41(47)33(23)27)59(63)55(49)61-53(45)54-46(36)40(32)50-44(30)52-42(34)48(38(28)37)58(57)64(66)60(52)56(50)62(54)65(61,66)2-5(6)68/h6H,2-3H2,1H3. The number of carbonyl (C=O) groups excluding carboxylic acids is 2. The van der Waals surface area contributed by atoms with E-state index < -0.39 is 16.9 Å². The number of hydrogen-bond acceptors (Lipinski definition) is 3. The Hall–Kier alpha value is -8.40. The van der Waals surface area contributed by atoms with Crippen molar-refractivity contribution in [3.63, 3.8) is 0 Å². The largest absolute Gasteiger partial charge is 0.454 e. The molecular weight excluding hydrogens is 841 g/mol. The summed E-state index contributed by atoms with van der Waals surface area (Å²) in [7, 11) is 0. The Balaban J connectivity index is 1.20. The topological polar surface area (TPSA) is 43.4 Å². The molecule has 2 spiro atoms. The second kappa shape index (κ2) is 5.69. The second-order valence-corrected chi connectivity index (χ2v) is 25.5. The van der Waals surface area contributed by atoms with Crippen LogP contribution in [0.15, 0.2) is 0 Å². The van der Waals surface area contributed by atoms with E-state index >= 15 is 4.79 Å². The van der Waals surface area contributed by atoms with Gasteiger partial charge in [0, 0.05) is 30.6 Å². The number of benzene rings is 18. The van der Waals surface area contributed by atoms with E-state index in [-0.39, 0.29) is 11.8 Å². The minimum absolute atomic E-state index is 0.119. The van der Waals surface area contributed by atoms with E-state index in [0.29, 0.717) is 12.8 Å². The fourth-order valence-electron chi connectivity index (χ4n) is 25.3. The van der Waals surface area contributed by atoms with Crippen LogP contribution in [0.2, 0.25) is 0 Å². The van der Waals surface area contributed by atoms with Crippen LogP contribution in [0.1, 0.15) is 42.0 Å². The monoisotopic (exact) mass is 848 g/mol. The molecule has 3 heteroatoms. The Morgan fingerprint density at radius 2 is 0.449 bits per heavy atom. The lowest BCUT2D eigenvalue weighted by molar-refractivity contribution is -0.157. The van der Waals surface area contributed by atoms with Crippen molar-refractivity contribution in [1.29, 1.82) is 0 Å². The molecule has 0 N–H and O–H groups in total. The number of carbonyl (C=O) groups is 2. The second-order valence-electron chi connectivity index (χ2n) is 25.5. The highest BCUT2D eigenvalue weighted by molar-refractivity contribution is 6.82. The van der Waals surface area contributed by atoms with E-state index in [1.165, 1.54) is 115 Å². The third-order valence-corrected chi connectivity index (χ3v) is 25.3. The molecule has 0 amide bonds. The van der Waals surface area contributed by atoms with Gasteiger partial charge in [0.05, 0.1) is 0 Å². The molecule has 69 heavy (non-hydrogen) atoms. The van der Waals surface area contributed by atoms with E-state index in [0.717, 1.165) is 0 Å². The van der Waals surface area contributed by atoms with Gasteiger partial charge in [-0.3, -0.25) is 9.59 Å². The van der Waals surface area contributed by atoms with Gasteiger partial charge in [-0.2, -0.15) is 0 Å². The molecule has 0 bridgehead atoms. The zero-order valence-corrected chi connectivity index (χ0v) is 35.2. The Bertz CT molecular complexity index is 7040. The van der Waals surface area contributed by atoms with Crippen molar-refractivity contribution in [3.8, 4) is 0 Å². The lowest BCUT2D eigenvalue weighted by Crippen LogP contribution is -2.60. The van der Waals surface area contributed by atoms with Crippen LogP contribution in [0, 0.1) is 0 Å². The first-order chi connectivity index (χ1) is 34.1. The van der Waals surface area contributed by atoms with Crippen LogP contribution < -0.4 is 0 Å². The van der Waals surface area contributed by atoms with Crippen molar-refractivity contribution in [3.05, 3.63) is 22.3 Å². The van der Waals surface area contributed by atoms with Crippen molar-refractivity contribution in [2.75, 3.05) is 0 Å². The predicted molar refractivity (Wildman–Crippen MR) is 284 cm³/mol. The summed E-state index contributed by atoms with van der Waals surface area (Å²) in [6.07, 6.45) is 0.0965. The normalized spacial score (nSPS) is 24.0. The third-order valence-electron chi connectivity index (χ3n) is 25.3. The summed E-state index contributed by atoms with van der Waals surface area (Å²) in [6, 6.07) is 0. The van der Waals surface area contributed by atoms with Gasteiger partial charge in [0.25, 0.3) is 0 Å². The molecule has 1 unspecified atom stereocenters. The van der Waals surface area contributed by atoms with Gasteiger partial charge in [-0.15, -0.1) is 0 Å². The van der Waals surface area contributed by atoms with Crippen molar-refractivity contribution >= 4 is 303 Å². The smallest absolute Gasteiger partial charge is 0.303 e. The highest BCUT2D eigenvalue weighted by Gasteiger charge is 2.72. The van der Waals surface area contributed by atoms with Gasteiger partial charge in [-0.05, 0) is 313 Å². The lowest BCUT2D eigenvalue weighted by Gasteiger charge is -2.57. The molecule has 1 atom stereocenters. The number of hydrogen-bond donors (Lipinski definition) is 0. The molecule has 1 fully saturated rings. The maximum Gasteiger partial charge on any atom is 0.303 e. The van der Waals surface area contributed by atoms with Crippen molar-refractivity contribution in [2.45, 2.75) is 36.7 Å². The fraction of sp³-hybridized carbons (Fsp3) is 0.0909. The molecule has 0 aromatic heterocycles. The highest BCUT2D eigenvalue weighted by Crippen LogP contribution is 2.85. The highest BCUT2D eigenvalue weighted by atomic mass is 16.5. The Labute approximate surface area is 374 Å². The molecular formula is C66H8O3. The Morgan fingerprint density at radius 1 is 0.290 bits per heavy atom. The minimum atomic E-state index is -0.794. The molecule has 0 heterocycles. The van der Waals surface area contributed by atoms with E-state index in [2.05, 4.69) is 0 Å². The van der Waals surface area contributed by atoms with Crippen LogP contribution in [-0.4, -0.2) is 17.9 Å². The third kappa shape index (κ3) is 1.35. The summed E-state index contributed by atoms with van der Waals surface area (Å²) in [6.45, 7) is 1.53. The van der Waals surface area contributed by atoms with Crippen LogP contribution in [0.4, 0.5) is 0 Å². The van der Waals surface area contributed by atoms with Gasteiger partial charge < -0.3 is 4.74 Å². The molecule has 290 valence electrons. The quantitative estimate of drug-likeness (QED) is 0.122. The molecule has 0 aliphatic heterocycles. The molecule has 5 aliphatic rings. The number of Topliss-reactive ketones (excluding diaryl/α,β-unsaturated/α-hetero) is 1. The molecule has 1 saturated carbocycles. The summed E-state index contributed by atoms with van der Waals surface area (Å²) in [4.78, 5) is 29.2. The summed E-state index contributed by atoms with van der Waals surface area (Å²) < 4.78 is 6.46. The van der Waals surface area contributed by atoms with Crippen molar-refractivity contribution in [2.24, 2.45) is 0 Å². The number of ether oxygens (including phenoxy) is 1. The summed E-state index contributed by atoms with van der Waals surface area (Å²) >= 11 is 0. The molecule has 28 aromatic rings. The van der Waals surface area contributed by atoms with Gasteiger partial charge in [0.2, 0.25) is 0 Å². The van der Waals surface area contributed by atoms with E-state index in [4.69, 9.17) is 4.74 Å². The first-order valence-corrected chi connectivity index (χ1v) is 25.6. The van der Waals surface area contributed by atoms with Crippen LogP contribution in [0.5, 0.6) is 0 Å². The summed E-state index contributed by atoms with van der Waals surface area (Å²) in [5, 5.41) is 84.4. The summed E-state index contributed by atoms with van der Waals surface area (Å²) in [5.41, 5.74) is 4.88. The van der Waals surface area contributed by atoms with Crippen LogP contribution >= 0.6 is 0 Å². The number of ketones is 1. The van der Waals surface area contributed by atoms with E-state index in [1.54, 1.807) is 205 Å². The molecule has 28 aromatic carbocycles. The molecule has 33 rings (SSSR count). The van der Waals surface area contributed by atoms with Crippen molar-refractivity contribution < 1.29 is 14.3 Å². The first kappa shape index (κ1) is 25.7. The predicted octanol–water partition coefficient (Wildman–Crippen LogP) is 16.6. The number of esters is 1. The molecule has 5 aliphatic carbocycles. The minimum Gasteiger partial charge on any atom is -0.454 e. The van der Waals surface area contributed by atoms with Gasteiger partial charge in [-0.1, -0.05) is 0 Å². The summed E-state index contributed by atoms with van der Waals surface area (Å²) in [5.74, 6) is -0.220. The van der Waals surface area contributed by atoms with Crippen LogP contribution in [-0.2, 0) is 25.2 Å². The van der Waals surface area contributed by atoms with Gasteiger partial charge in [-0.25, -0.2) is 0 Å². The molecule has 3 nitrogen and oxygen atoms in total. The maximum absolute atomic E-state index is 15.8. The fourth-order valence-corrected chi connectivity index (χ4v) is 25.3. The van der Waals surface area contributed by atoms with Gasteiger partial charge in [0.15, 0.2) is 11.9 Å². The SMILES string of the molecule is CC(=O)OC1CC23c4c5c6c7c8c9c(c%10c%11c2c2c4c4c%12c5c5c6c6c8c8c%13c9c9c%10c%10c%11c%11c2c2c4c4c%12c%12c5c5c6c8c6c8c%13c9c9c%10c%10c%11c2c2c4c4c%12c5c6c5c8c9c%10c2c45)C73CC1=O. The van der Waals surface area contributed by atoms with E-state index in [9.17, 15) is 4.79 Å². The first-order valence-electron chi connectivity index (χ1n) is 25.6. The Kier molecular flexibility index (Phi) is 2.12. The van der Waals surface area contributed by atoms with Gasteiger partial charge in [0.1, 0.15) is 0 Å². The number of rotatable bonds is 1. The van der Waals surface area contributed by atoms with Crippen molar-refractivity contribution in [1.82, 2.24) is 0 Å². The maximum atomic E-state index is 15.8. The van der Waals surface area contributed by atoms with Crippen LogP contribution in [0.3, 0.4) is 0 Å². The zero-order valence-electron chi connectivity index (χ0n) is 35.2. The average molecular weight is 849 g/mol. The Morgan fingerprint density at radius 3 is 0.623 bits per heavy atom. The molecule has 0 saturated heterocycles. The van der Waals surface area contributed by atoms with Gasteiger partial charge >= 0.3 is 5.97 Å². The average Bonchev–Trinajstić information content (AvgIpc) is 4.25. The zero-order chi connectivity index (χ0) is 41.3. The van der Waals surface area contributed by atoms with Crippen LogP contribution in [0.25, 0.3) is 291 Å². The lowest BCUT2D eigenvalue weighted by atomic mass is 9.43. The van der Waals surface area contributed by atoms with E-state index in [1.807, 2.05) is 0 Å².